The van der Waals surface area contributed by atoms with Crippen LogP contribution in [0.5, 0.6) is 0 Å². The number of methoxy groups -OCH3 is 1. The molecule has 0 bridgehead atoms. The molecule has 1 aromatic carbocycles. The molecule has 0 amide bonds. The number of pyridine rings is 1. The van der Waals surface area contributed by atoms with Gasteiger partial charge in [0.05, 0.1) is 6.61 Å². The number of rotatable bonds is 4. The first kappa shape index (κ1) is 13.8. The highest BCUT2D eigenvalue weighted by Gasteiger charge is 2.25. The predicted octanol–water partition coefficient (Wildman–Crippen LogP) is 2.41. The fourth-order valence-corrected chi connectivity index (χ4v) is 2.93. The Balaban J connectivity index is 2.02. The van der Waals surface area contributed by atoms with E-state index in [0.29, 0.717) is 5.92 Å². The smallest absolute Gasteiger partial charge is 0.354 e. The molecule has 2 heterocycles. The Labute approximate surface area is 123 Å². The number of fused-ring (bicyclic) bond motifs is 1. The van der Waals surface area contributed by atoms with E-state index in [4.69, 9.17) is 4.74 Å². The standard InChI is InChI=1S/C16H18N2O3/c1-21-10-11-6-7-18(9-11)15-13-5-3-2-4-12(13)8-14(17-15)16(19)20/h2-5,8,11H,6-7,9-10H2,1H3,(H,19,20). The van der Waals surface area contributed by atoms with E-state index in [9.17, 15) is 9.90 Å². The summed E-state index contributed by atoms with van der Waals surface area (Å²) in [5, 5.41) is 11.2. The molecule has 1 unspecified atom stereocenters. The molecule has 1 aromatic heterocycles. The van der Waals surface area contributed by atoms with Gasteiger partial charge in [0.1, 0.15) is 5.82 Å². The van der Waals surface area contributed by atoms with Crippen molar-refractivity contribution in [1.29, 1.82) is 0 Å². The number of nitrogens with zero attached hydrogens (tertiary/aromatic N) is 2. The van der Waals surface area contributed by atoms with Crippen LogP contribution in [0.15, 0.2) is 30.3 Å². The minimum Gasteiger partial charge on any atom is -0.477 e. The van der Waals surface area contributed by atoms with Crippen LogP contribution in [0.1, 0.15) is 16.9 Å². The molecule has 0 spiro atoms. The number of hydrogen-bond donors (Lipinski definition) is 1. The van der Waals surface area contributed by atoms with Crippen molar-refractivity contribution in [2.24, 2.45) is 5.92 Å². The van der Waals surface area contributed by atoms with Crippen molar-refractivity contribution in [3.05, 3.63) is 36.0 Å². The first-order chi connectivity index (χ1) is 10.2. The van der Waals surface area contributed by atoms with Crippen molar-refractivity contribution < 1.29 is 14.6 Å². The van der Waals surface area contributed by atoms with Crippen LogP contribution in [0.25, 0.3) is 10.8 Å². The zero-order valence-corrected chi connectivity index (χ0v) is 12.0. The van der Waals surface area contributed by atoms with E-state index in [0.717, 1.165) is 42.7 Å². The molecule has 0 aliphatic carbocycles. The maximum atomic E-state index is 11.3. The van der Waals surface area contributed by atoms with E-state index in [1.165, 1.54) is 0 Å². The van der Waals surface area contributed by atoms with Gasteiger partial charge in [-0.2, -0.15) is 0 Å². The molecule has 1 N–H and O–H groups in total. The van der Waals surface area contributed by atoms with Gasteiger partial charge in [0.25, 0.3) is 0 Å². The summed E-state index contributed by atoms with van der Waals surface area (Å²) in [6, 6.07) is 9.42. The summed E-state index contributed by atoms with van der Waals surface area (Å²) < 4.78 is 5.22. The zero-order chi connectivity index (χ0) is 14.8. The molecule has 21 heavy (non-hydrogen) atoms. The molecule has 5 heteroatoms. The number of carboxylic acids is 1. The molecule has 1 aliphatic rings. The van der Waals surface area contributed by atoms with Gasteiger partial charge < -0.3 is 14.7 Å². The van der Waals surface area contributed by atoms with Crippen LogP contribution in [0.4, 0.5) is 5.82 Å². The highest BCUT2D eigenvalue weighted by atomic mass is 16.5. The van der Waals surface area contributed by atoms with Gasteiger partial charge in [0, 0.05) is 31.5 Å². The number of carbonyl (C=O) groups is 1. The highest BCUT2D eigenvalue weighted by Crippen LogP contribution is 2.30. The van der Waals surface area contributed by atoms with Crippen LogP contribution >= 0.6 is 0 Å². The van der Waals surface area contributed by atoms with Gasteiger partial charge in [-0.25, -0.2) is 9.78 Å². The Morgan fingerprint density at radius 2 is 2.29 bits per heavy atom. The molecular weight excluding hydrogens is 268 g/mol. The summed E-state index contributed by atoms with van der Waals surface area (Å²) in [4.78, 5) is 17.8. The van der Waals surface area contributed by atoms with Crippen LogP contribution in [-0.4, -0.2) is 42.9 Å². The summed E-state index contributed by atoms with van der Waals surface area (Å²) in [6.07, 6.45) is 1.04. The van der Waals surface area contributed by atoms with E-state index in [1.807, 2.05) is 24.3 Å². The van der Waals surface area contributed by atoms with Gasteiger partial charge in [0.2, 0.25) is 0 Å². The second-order valence-electron chi connectivity index (χ2n) is 5.41. The van der Waals surface area contributed by atoms with Crippen molar-refractivity contribution >= 4 is 22.6 Å². The topological polar surface area (TPSA) is 62.7 Å². The first-order valence-corrected chi connectivity index (χ1v) is 7.06. The van der Waals surface area contributed by atoms with E-state index < -0.39 is 5.97 Å². The SMILES string of the molecule is COCC1CCN(c2nc(C(=O)O)cc3ccccc23)C1. The molecule has 110 valence electrons. The minimum absolute atomic E-state index is 0.0962. The van der Waals surface area contributed by atoms with Crippen molar-refractivity contribution in [2.45, 2.75) is 6.42 Å². The third-order valence-electron chi connectivity index (χ3n) is 3.93. The normalized spacial score (nSPS) is 18.3. The van der Waals surface area contributed by atoms with E-state index in [1.54, 1.807) is 13.2 Å². The van der Waals surface area contributed by atoms with Crippen molar-refractivity contribution in [2.75, 3.05) is 31.7 Å². The van der Waals surface area contributed by atoms with E-state index in [-0.39, 0.29) is 5.69 Å². The molecule has 1 saturated heterocycles. The molecule has 0 saturated carbocycles. The van der Waals surface area contributed by atoms with Crippen molar-refractivity contribution in [1.82, 2.24) is 4.98 Å². The van der Waals surface area contributed by atoms with Gasteiger partial charge in [-0.3, -0.25) is 0 Å². The summed E-state index contributed by atoms with van der Waals surface area (Å²) in [7, 11) is 1.71. The van der Waals surface area contributed by atoms with Gasteiger partial charge in [-0.15, -0.1) is 0 Å². The fraction of sp³-hybridized carbons (Fsp3) is 0.375. The second kappa shape index (κ2) is 5.69. The van der Waals surface area contributed by atoms with E-state index >= 15 is 0 Å². The molecule has 1 atom stereocenters. The Bertz CT molecular complexity index is 672. The third kappa shape index (κ3) is 2.69. The summed E-state index contributed by atoms with van der Waals surface area (Å²) in [5.41, 5.74) is 0.0962. The van der Waals surface area contributed by atoms with Crippen molar-refractivity contribution in [3.63, 3.8) is 0 Å². The number of anilines is 1. The molecule has 0 radical (unpaired) electrons. The molecule has 2 aromatic rings. The lowest BCUT2D eigenvalue weighted by Crippen LogP contribution is -2.23. The van der Waals surface area contributed by atoms with Gasteiger partial charge in [-0.05, 0) is 17.9 Å². The van der Waals surface area contributed by atoms with Crippen LogP contribution in [-0.2, 0) is 4.74 Å². The summed E-state index contributed by atoms with van der Waals surface area (Å²) in [6.45, 7) is 2.47. The molecule has 1 fully saturated rings. The lowest BCUT2D eigenvalue weighted by molar-refractivity contribution is 0.0691. The van der Waals surface area contributed by atoms with Crippen LogP contribution in [0.2, 0.25) is 0 Å². The number of aromatic nitrogens is 1. The molecule has 1 aliphatic heterocycles. The highest BCUT2D eigenvalue weighted by molar-refractivity contribution is 5.98. The number of aromatic carboxylic acids is 1. The monoisotopic (exact) mass is 286 g/mol. The number of benzene rings is 1. The molecule has 3 rings (SSSR count). The molecular formula is C16H18N2O3. The summed E-state index contributed by atoms with van der Waals surface area (Å²) >= 11 is 0. The van der Waals surface area contributed by atoms with Gasteiger partial charge in [0.15, 0.2) is 5.69 Å². The van der Waals surface area contributed by atoms with Gasteiger partial charge >= 0.3 is 5.97 Å². The minimum atomic E-state index is -0.991. The summed E-state index contributed by atoms with van der Waals surface area (Å²) in [5.74, 6) is 0.253. The fourth-order valence-electron chi connectivity index (χ4n) is 2.93. The lowest BCUT2D eigenvalue weighted by atomic mass is 10.1. The third-order valence-corrected chi connectivity index (χ3v) is 3.93. The Hall–Kier alpha value is -2.14. The van der Waals surface area contributed by atoms with Gasteiger partial charge in [-0.1, -0.05) is 24.3 Å². The quantitative estimate of drug-likeness (QED) is 0.935. The lowest BCUT2D eigenvalue weighted by Gasteiger charge is -2.20. The number of carboxylic acid groups (broad SMARTS) is 1. The second-order valence-corrected chi connectivity index (χ2v) is 5.41. The first-order valence-electron chi connectivity index (χ1n) is 7.06. The Kier molecular flexibility index (Phi) is 3.75. The molecule has 5 nitrogen and oxygen atoms in total. The average Bonchev–Trinajstić information content (AvgIpc) is 2.95. The maximum Gasteiger partial charge on any atom is 0.354 e. The Morgan fingerprint density at radius 1 is 1.48 bits per heavy atom. The number of hydrogen-bond acceptors (Lipinski definition) is 4. The maximum absolute atomic E-state index is 11.3. The number of ether oxygens (including phenoxy) is 1. The van der Waals surface area contributed by atoms with Crippen LogP contribution < -0.4 is 4.90 Å². The van der Waals surface area contributed by atoms with Crippen LogP contribution in [0.3, 0.4) is 0 Å². The van der Waals surface area contributed by atoms with Crippen molar-refractivity contribution in [3.8, 4) is 0 Å². The van der Waals surface area contributed by atoms with Crippen LogP contribution in [0, 0.1) is 5.92 Å². The average molecular weight is 286 g/mol. The predicted molar refractivity (Wildman–Crippen MR) is 80.9 cm³/mol. The zero-order valence-electron chi connectivity index (χ0n) is 12.0. The van der Waals surface area contributed by atoms with E-state index in [2.05, 4.69) is 9.88 Å². The Morgan fingerprint density at radius 3 is 3.05 bits per heavy atom. The largest absolute Gasteiger partial charge is 0.477 e.